The number of nitrogens with one attached hydrogen (secondary N) is 6. The fourth-order valence-electron chi connectivity index (χ4n) is 21.9. The fourth-order valence-corrected chi connectivity index (χ4v) is 21.9. The Bertz CT molecular complexity index is 7050. The standard InChI is InChI=1S/C34H34N4O2.C33H32N4O2.C26H25N3O.C24H22N4O/c1-22(37-15-17-38(18-16-37)34(40)25-13-14-25)19-23-7-5-10-26(20-23)30-32(24-8-3-2-4-9-24)36-28-12-6-11-27-29(39)21-35-33(30)31(27)28;1-21(36-15-17-37(18-16-36)33(39)23-13-14-23)24-9-5-10-25(19-24)29-31(22-7-3-2-4-8-22)35-27-12-6-11-26-28(38)20-34-32(29)30(26)27;1-29(2)16-17-8-6-11-19(14-17)23-25(18-9-4-3-5-10-18)28-21-13-7-12-20-22(30)15-27-26(23)24(20)21;1-25-14-15-7-5-10-17(13-15)22-20(16-8-3-2-4-9-16)23-21-18(24(29)28-27-23)11-6-12-19(21)26-22/h2-12,20,25,30,32,36H,1,13-19,21H2;2-12,19,23,29,31,35H,1,13-18,20H2;3-14,23,25,28H,15-16H2,1-2H3;2-13,20,22,25-26H,14H2,1H3,(H,28,29). The Morgan fingerprint density at radius 1 is 0.384 bits per heavy atom. The van der Waals surface area contributed by atoms with Gasteiger partial charge in [0.2, 0.25) is 11.8 Å². The number of allylic oxidation sites excluding steroid dienone is 1. The number of anilines is 4. The molecule has 2 aliphatic carbocycles. The number of piperazine rings is 2. The van der Waals surface area contributed by atoms with E-state index in [9.17, 15) is 28.8 Å². The molecule has 21 nitrogen and oxygen atoms in total. The molecule has 692 valence electrons. The van der Waals surface area contributed by atoms with E-state index >= 15 is 0 Å². The van der Waals surface area contributed by atoms with Gasteiger partial charge in [0, 0.05) is 157 Å². The summed E-state index contributed by atoms with van der Waals surface area (Å²) in [6.07, 6.45) is 4.96. The quantitative estimate of drug-likeness (QED) is 0.0441. The van der Waals surface area contributed by atoms with Gasteiger partial charge in [-0.2, -0.15) is 5.10 Å². The van der Waals surface area contributed by atoms with E-state index in [1.54, 1.807) is 0 Å². The van der Waals surface area contributed by atoms with E-state index in [0.717, 1.165) is 204 Å². The third kappa shape index (κ3) is 18.1. The van der Waals surface area contributed by atoms with E-state index in [4.69, 9.17) is 15.0 Å². The molecule has 2 saturated carbocycles. The number of aromatic amines is 1. The first kappa shape index (κ1) is 89.5. The number of aliphatic imine (C=N–C) groups is 3. The van der Waals surface area contributed by atoms with Crippen molar-refractivity contribution in [2.75, 3.05) is 114 Å². The summed E-state index contributed by atoms with van der Waals surface area (Å²) in [5.41, 5.74) is 29.1. The van der Waals surface area contributed by atoms with Crippen LogP contribution in [-0.2, 0) is 29.1 Å². The van der Waals surface area contributed by atoms with Crippen molar-refractivity contribution >= 4 is 85.5 Å². The zero-order valence-corrected chi connectivity index (χ0v) is 78.1. The molecule has 4 fully saturated rings. The second-order valence-corrected chi connectivity index (χ2v) is 38.3. The third-order valence-corrected chi connectivity index (χ3v) is 28.9. The predicted molar refractivity (Wildman–Crippen MR) is 550 cm³/mol. The molecule has 6 N–H and O–H groups in total. The average Bonchev–Trinajstić information content (AvgIpc) is 1.28. The normalized spacial score (nSPS) is 20.6. The van der Waals surface area contributed by atoms with Gasteiger partial charge < -0.3 is 51.1 Å². The maximum atomic E-state index is 12.8. The van der Waals surface area contributed by atoms with Gasteiger partial charge in [0.15, 0.2) is 17.3 Å². The molecule has 2 amide bonds. The van der Waals surface area contributed by atoms with Gasteiger partial charge in [-0.1, -0.05) is 268 Å². The van der Waals surface area contributed by atoms with Crippen LogP contribution < -0.4 is 32.1 Å². The Morgan fingerprint density at radius 3 is 1.22 bits per heavy atom. The molecule has 8 atom stereocenters. The van der Waals surface area contributed by atoms with Crippen molar-refractivity contribution in [2.24, 2.45) is 26.8 Å². The van der Waals surface area contributed by atoms with Gasteiger partial charge in [0.05, 0.1) is 76.1 Å². The number of benzene rings is 12. The van der Waals surface area contributed by atoms with Crippen molar-refractivity contribution in [3.63, 3.8) is 0 Å². The highest BCUT2D eigenvalue weighted by atomic mass is 16.2. The van der Waals surface area contributed by atoms with E-state index < -0.39 is 0 Å². The Hall–Kier alpha value is -15.1. The molecule has 21 heteroatoms. The van der Waals surface area contributed by atoms with Crippen molar-refractivity contribution in [1.82, 2.24) is 40.0 Å². The van der Waals surface area contributed by atoms with Gasteiger partial charge in [-0.05, 0) is 150 Å². The van der Waals surface area contributed by atoms with Crippen LogP contribution in [0.25, 0.3) is 16.5 Å². The summed E-state index contributed by atoms with van der Waals surface area (Å²) in [5, 5.41) is 27.0. The monoisotopic (exact) mass is 1820 g/mol. The van der Waals surface area contributed by atoms with Crippen LogP contribution in [0.3, 0.4) is 0 Å². The number of H-pyrrole nitrogens is 1. The van der Waals surface area contributed by atoms with Crippen molar-refractivity contribution in [3.05, 3.63) is 426 Å². The first-order chi connectivity index (χ1) is 67.5. The van der Waals surface area contributed by atoms with Crippen LogP contribution in [0.2, 0.25) is 0 Å². The zero-order valence-electron chi connectivity index (χ0n) is 78.1. The van der Waals surface area contributed by atoms with E-state index in [1.807, 2.05) is 114 Å². The molecule has 0 spiro atoms. The number of hydrogen-bond acceptors (Lipinski definition) is 18. The van der Waals surface area contributed by atoms with Gasteiger partial charge in [0.1, 0.15) is 19.6 Å². The van der Waals surface area contributed by atoms with Crippen molar-refractivity contribution < 1.29 is 24.0 Å². The average molecular weight is 1830 g/mol. The molecular weight excluding hydrogens is 1710 g/mol. The first-order valence-corrected chi connectivity index (χ1v) is 48.5. The largest absolute Gasteiger partial charge is 0.377 e. The topological polar surface area (TPSA) is 245 Å². The molecule has 1 aromatic heterocycles. The first-order valence-electron chi connectivity index (χ1n) is 48.5. The lowest BCUT2D eigenvalue weighted by Crippen LogP contribution is -2.48. The third-order valence-electron chi connectivity index (χ3n) is 28.9. The summed E-state index contributed by atoms with van der Waals surface area (Å²) in [6.45, 7) is 17.5. The number of carbonyl (C=O) groups is 5. The lowest BCUT2D eigenvalue weighted by atomic mass is 9.75. The van der Waals surface area contributed by atoms with Gasteiger partial charge in [0.25, 0.3) is 5.56 Å². The minimum atomic E-state index is -0.159. The van der Waals surface area contributed by atoms with Crippen LogP contribution in [0.4, 0.5) is 22.7 Å². The van der Waals surface area contributed by atoms with Gasteiger partial charge in [-0.15, -0.1) is 0 Å². The highest BCUT2D eigenvalue weighted by Gasteiger charge is 2.45. The van der Waals surface area contributed by atoms with E-state index in [2.05, 4.69) is 273 Å². The number of nitrogens with zero attached hydrogens (tertiary/aromatic N) is 9. The minimum absolute atomic E-state index is 0.00529. The van der Waals surface area contributed by atoms with E-state index in [1.165, 1.54) is 55.6 Å². The SMILES string of the molecule is C=C(Cc1cccc(C2C3=NCC(=O)c4cccc(c43)NC2c2ccccc2)c1)N1CCN(C(=O)C2CC2)CC1.C=C(c1cccc(C2C3=NCC(=O)c4cccc(c43)NC2c2ccccc2)c1)N1CCN(C(=O)C2CC2)CC1.CN(C)Cc1cccc(C2C3=NCC(=O)c4cccc(c43)NC2c2ccccc2)c1.CNCc1cccc(C2Nc3cccc4c(=O)[nH]nc(c34)C2c2ccccc2)c1. The van der Waals surface area contributed by atoms with Gasteiger partial charge in [-0.25, -0.2) is 5.10 Å². The molecule has 12 aromatic carbocycles. The predicted octanol–water partition coefficient (Wildman–Crippen LogP) is 19.0. The molecule has 9 aliphatic heterocycles. The molecule has 0 radical (unpaired) electrons. The number of ketones is 3. The molecule has 0 bridgehead atoms. The van der Waals surface area contributed by atoms with E-state index in [-0.39, 0.29) is 102 Å². The smallest absolute Gasteiger partial charge is 0.272 e. The van der Waals surface area contributed by atoms with Crippen LogP contribution in [0, 0.1) is 11.8 Å². The number of carbonyl (C=O) groups excluding carboxylic acids is 5. The zero-order chi connectivity index (χ0) is 94.2. The highest BCUT2D eigenvalue weighted by Crippen LogP contribution is 2.52. The summed E-state index contributed by atoms with van der Waals surface area (Å²) < 4.78 is 0. The number of amides is 2. The number of hydrogen-bond donors (Lipinski definition) is 6. The summed E-state index contributed by atoms with van der Waals surface area (Å²) in [4.78, 5) is 101. The van der Waals surface area contributed by atoms with E-state index in [0.29, 0.717) is 17.2 Å². The highest BCUT2D eigenvalue weighted by molar-refractivity contribution is 6.24. The molecule has 10 heterocycles. The molecule has 13 aromatic rings. The Kier molecular flexibility index (Phi) is 25.3. The van der Waals surface area contributed by atoms with Crippen molar-refractivity contribution in [2.45, 2.75) is 93.0 Å². The molecular formula is C117H113N15O6. The second-order valence-electron chi connectivity index (χ2n) is 38.3. The maximum absolute atomic E-state index is 12.8. The number of rotatable bonds is 19. The van der Waals surface area contributed by atoms with Crippen LogP contribution in [0.5, 0.6) is 0 Å². The molecule has 11 aliphatic rings. The number of aromatic nitrogens is 2. The second kappa shape index (κ2) is 39.0. The minimum Gasteiger partial charge on any atom is -0.377 e. The summed E-state index contributed by atoms with van der Waals surface area (Å²) in [6, 6.07) is 100. The van der Waals surface area contributed by atoms with Gasteiger partial charge >= 0.3 is 0 Å². The molecule has 24 rings (SSSR count). The molecule has 8 unspecified atom stereocenters. The Balaban J connectivity index is 0.000000111. The summed E-state index contributed by atoms with van der Waals surface area (Å²) in [5.74, 6) is 1.36. The van der Waals surface area contributed by atoms with Crippen molar-refractivity contribution in [1.29, 1.82) is 0 Å². The van der Waals surface area contributed by atoms with Gasteiger partial charge in [-0.3, -0.25) is 43.7 Å². The Morgan fingerprint density at radius 2 is 0.754 bits per heavy atom. The van der Waals surface area contributed by atoms with Crippen LogP contribution in [-0.4, -0.2) is 174 Å². The van der Waals surface area contributed by atoms with Crippen LogP contribution >= 0.6 is 0 Å². The molecule has 138 heavy (non-hydrogen) atoms. The summed E-state index contributed by atoms with van der Waals surface area (Å²) >= 11 is 0. The fraction of sp³-hybridized carbons (Fsp3) is 0.265. The van der Waals surface area contributed by atoms with Crippen LogP contribution in [0.15, 0.2) is 330 Å². The Labute approximate surface area is 805 Å². The summed E-state index contributed by atoms with van der Waals surface area (Å²) in [7, 11) is 6.12. The molecule has 2 saturated heterocycles. The number of Topliss-reactive ketones (excluding diaryl/α,β-unsaturated/α-hetero) is 3. The lowest BCUT2D eigenvalue weighted by Gasteiger charge is -2.39. The van der Waals surface area contributed by atoms with Crippen molar-refractivity contribution in [3.8, 4) is 0 Å². The van der Waals surface area contributed by atoms with Crippen LogP contribution in [0.1, 0.15) is 194 Å². The lowest BCUT2D eigenvalue weighted by molar-refractivity contribution is -0.134. The maximum Gasteiger partial charge on any atom is 0.272 e.